The maximum Gasteiger partial charge on any atom is 0.246 e. The fourth-order valence-electron chi connectivity index (χ4n) is 2.43. The summed E-state index contributed by atoms with van der Waals surface area (Å²) >= 11 is 0. The maximum atomic E-state index is 13.8. The summed E-state index contributed by atoms with van der Waals surface area (Å²) in [6, 6.07) is 3.20. The SMILES string of the molecule is CCc1noc(CN(C)C(=O)CCc2ncc(-c3ccc(F)cc3F)o2)n1. The number of benzene rings is 1. The highest BCUT2D eigenvalue weighted by atomic mass is 19.1. The van der Waals surface area contributed by atoms with Crippen LogP contribution in [0.2, 0.25) is 0 Å². The molecule has 0 aliphatic rings. The molecule has 9 heteroatoms. The van der Waals surface area contributed by atoms with Crippen molar-refractivity contribution in [1.29, 1.82) is 0 Å². The third-order valence-electron chi connectivity index (χ3n) is 3.93. The average molecular weight is 376 g/mol. The van der Waals surface area contributed by atoms with E-state index in [1.807, 2.05) is 6.92 Å². The van der Waals surface area contributed by atoms with Crippen molar-refractivity contribution in [3.63, 3.8) is 0 Å². The summed E-state index contributed by atoms with van der Waals surface area (Å²) in [5, 5.41) is 3.78. The first kappa shape index (κ1) is 18.7. The molecule has 142 valence electrons. The van der Waals surface area contributed by atoms with Gasteiger partial charge in [-0.25, -0.2) is 13.8 Å². The summed E-state index contributed by atoms with van der Waals surface area (Å²) in [6.07, 6.45) is 2.40. The molecule has 2 heterocycles. The molecule has 3 rings (SSSR count). The Hall–Kier alpha value is -3.10. The van der Waals surface area contributed by atoms with Crippen molar-refractivity contribution in [2.24, 2.45) is 0 Å². The minimum atomic E-state index is -0.737. The van der Waals surface area contributed by atoms with Gasteiger partial charge in [0.25, 0.3) is 0 Å². The van der Waals surface area contributed by atoms with Crippen LogP contribution in [0.5, 0.6) is 0 Å². The Morgan fingerprint density at radius 3 is 2.78 bits per heavy atom. The van der Waals surface area contributed by atoms with Gasteiger partial charge < -0.3 is 13.8 Å². The van der Waals surface area contributed by atoms with E-state index >= 15 is 0 Å². The molecular formula is C18H18F2N4O3. The number of nitrogens with zero attached hydrogens (tertiary/aromatic N) is 4. The van der Waals surface area contributed by atoms with Crippen LogP contribution in [0.25, 0.3) is 11.3 Å². The monoisotopic (exact) mass is 376 g/mol. The van der Waals surface area contributed by atoms with E-state index in [2.05, 4.69) is 15.1 Å². The molecule has 0 radical (unpaired) electrons. The standard InChI is InChI=1S/C18H18F2N4O3/c1-3-15-22-17(27-23-15)10-24(2)18(25)7-6-16-21-9-14(26-16)12-5-4-11(19)8-13(12)20/h4-5,8-9H,3,6-7,10H2,1-2H3. The molecule has 3 aromatic rings. The van der Waals surface area contributed by atoms with E-state index in [1.165, 1.54) is 17.2 Å². The Balaban J connectivity index is 1.56. The number of halogens is 2. The van der Waals surface area contributed by atoms with Gasteiger partial charge >= 0.3 is 0 Å². The predicted octanol–water partition coefficient (Wildman–Crippen LogP) is 3.16. The van der Waals surface area contributed by atoms with Crippen molar-refractivity contribution in [2.75, 3.05) is 7.05 Å². The highest BCUT2D eigenvalue weighted by molar-refractivity contribution is 5.75. The normalized spacial score (nSPS) is 11.0. The molecule has 1 amide bonds. The molecule has 0 unspecified atom stereocenters. The van der Waals surface area contributed by atoms with Crippen molar-refractivity contribution in [1.82, 2.24) is 20.0 Å². The minimum Gasteiger partial charge on any atom is -0.441 e. The fraction of sp³-hybridized carbons (Fsp3) is 0.333. The lowest BCUT2D eigenvalue weighted by molar-refractivity contribution is -0.130. The number of aromatic nitrogens is 3. The summed E-state index contributed by atoms with van der Waals surface area (Å²) in [5.41, 5.74) is 0.113. The molecule has 27 heavy (non-hydrogen) atoms. The number of rotatable bonds is 7. The lowest BCUT2D eigenvalue weighted by Gasteiger charge is -2.13. The Morgan fingerprint density at radius 1 is 1.26 bits per heavy atom. The zero-order valence-electron chi connectivity index (χ0n) is 14.9. The zero-order chi connectivity index (χ0) is 19.4. The van der Waals surface area contributed by atoms with Crippen LogP contribution in [0.3, 0.4) is 0 Å². The highest BCUT2D eigenvalue weighted by Crippen LogP contribution is 2.24. The Morgan fingerprint density at radius 2 is 2.07 bits per heavy atom. The van der Waals surface area contributed by atoms with Crippen LogP contribution >= 0.6 is 0 Å². The van der Waals surface area contributed by atoms with E-state index in [0.717, 1.165) is 12.1 Å². The van der Waals surface area contributed by atoms with Crippen molar-refractivity contribution < 1.29 is 22.5 Å². The smallest absolute Gasteiger partial charge is 0.246 e. The van der Waals surface area contributed by atoms with Crippen LogP contribution in [0, 0.1) is 11.6 Å². The highest BCUT2D eigenvalue weighted by Gasteiger charge is 2.16. The second kappa shape index (κ2) is 8.07. The van der Waals surface area contributed by atoms with Crippen molar-refractivity contribution in [3.05, 3.63) is 53.6 Å². The van der Waals surface area contributed by atoms with Gasteiger partial charge in [-0.1, -0.05) is 12.1 Å². The van der Waals surface area contributed by atoms with E-state index in [4.69, 9.17) is 8.94 Å². The van der Waals surface area contributed by atoms with Crippen LogP contribution in [0.15, 0.2) is 33.3 Å². The Labute approximate surface area is 154 Å². The van der Waals surface area contributed by atoms with Gasteiger partial charge in [-0.3, -0.25) is 4.79 Å². The Kier molecular flexibility index (Phi) is 5.58. The van der Waals surface area contributed by atoms with E-state index in [0.29, 0.717) is 24.0 Å². The number of hydrogen-bond donors (Lipinski definition) is 0. The third kappa shape index (κ3) is 4.55. The molecule has 0 aliphatic carbocycles. The van der Waals surface area contributed by atoms with E-state index in [-0.39, 0.29) is 36.6 Å². The molecule has 2 aromatic heterocycles. The maximum absolute atomic E-state index is 13.8. The van der Waals surface area contributed by atoms with Crippen LogP contribution in [0.1, 0.15) is 31.0 Å². The first-order valence-electron chi connectivity index (χ1n) is 8.41. The first-order chi connectivity index (χ1) is 13.0. The number of hydrogen-bond acceptors (Lipinski definition) is 6. The number of oxazole rings is 1. The van der Waals surface area contributed by atoms with Gasteiger partial charge in [-0.15, -0.1) is 0 Å². The number of carbonyl (C=O) groups is 1. The van der Waals surface area contributed by atoms with Gasteiger partial charge in [0, 0.05) is 32.4 Å². The quantitative estimate of drug-likeness (QED) is 0.630. The zero-order valence-corrected chi connectivity index (χ0v) is 14.9. The summed E-state index contributed by atoms with van der Waals surface area (Å²) in [7, 11) is 1.63. The van der Waals surface area contributed by atoms with E-state index in [9.17, 15) is 13.6 Å². The number of carbonyl (C=O) groups excluding carboxylic acids is 1. The predicted molar refractivity (Wildman–Crippen MR) is 90.3 cm³/mol. The van der Waals surface area contributed by atoms with Gasteiger partial charge in [0.05, 0.1) is 18.3 Å². The summed E-state index contributed by atoms with van der Waals surface area (Å²) < 4.78 is 37.3. The third-order valence-corrected chi connectivity index (χ3v) is 3.93. The van der Waals surface area contributed by atoms with E-state index in [1.54, 1.807) is 7.05 Å². The molecule has 1 aromatic carbocycles. The van der Waals surface area contributed by atoms with Crippen LogP contribution in [-0.4, -0.2) is 33.0 Å². The average Bonchev–Trinajstić information content (AvgIpc) is 3.29. The summed E-state index contributed by atoms with van der Waals surface area (Å²) in [6.45, 7) is 2.12. The molecule has 7 nitrogen and oxygen atoms in total. The van der Waals surface area contributed by atoms with Gasteiger partial charge in [-0.2, -0.15) is 4.98 Å². The van der Waals surface area contributed by atoms with Crippen molar-refractivity contribution in [2.45, 2.75) is 32.7 Å². The largest absolute Gasteiger partial charge is 0.441 e. The molecule has 0 atom stereocenters. The van der Waals surface area contributed by atoms with Crippen LogP contribution in [0.4, 0.5) is 8.78 Å². The van der Waals surface area contributed by atoms with E-state index < -0.39 is 11.6 Å². The number of amides is 1. The van der Waals surface area contributed by atoms with Gasteiger partial charge in [0.2, 0.25) is 11.8 Å². The molecule has 0 spiro atoms. The van der Waals surface area contributed by atoms with Crippen molar-refractivity contribution >= 4 is 5.91 Å². The summed E-state index contributed by atoms with van der Waals surface area (Å²) in [5.74, 6) is -0.128. The molecule has 0 saturated carbocycles. The lowest BCUT2D eigenvalue weighted by Crippen LogP contribution is -2.26. The van der Waals surface area contributed by atoms with Gasteiger partial charge in [0.1, 0.15) is 11.6 Å². The second-order valence-electron chi connectivity index (χ2n) is 5.95. The second-order valence-corrected chi connectivity index (χ2v) is 5.95. The number of aryl methyl sites for hydroxylation is 2. The first-order valence-corrected chi connectivity index (χ1v) is 8.41. The minimum absolute atomic E-state index is 0.113. The fourth-order valence-corrected chi connectivity index (χ4v) is 2.43. The molecular weight excluding hydrogens is 358 g/mol. The molecule has 0 fully saturated rings. The van der Waals surface area contributed by atoms with Crippen molar-refractivity contribution in [3.8, 4) is 11.3 Å². The lowest BCUT2D eigenvalue weighted by atomic mass is 10.2. The summed E-state index contributed by atoms with van der Waals surface area (Å²) in [4.78, 5) is 21.9. The topological polar surface area (TPSA) is 85.3 Å². The molecule has 0 N–H and O–H groups in total. The molecule has 0 saturated heterocycles. The van der Waals surface area contributed by atoms with Crippen LogP contribution in [-0.2, 0) is 24.2 Å². The van der Waals surface area contributed by atoms with Gasteiger partial charge in [0.15, 0.2) is 17.5 Å². The Bertz CT molecular complexity index is 938. The molecule has 0 bridgehead atoms. The van der Waals surface area contributed by atoms with Crippen LogP contribution < -0.4 is 0 Å². The van der Waals surface area contributed by atoms with Gasteiger partial charge in [-0.05, 0) is 12.1 Å². The molecule has 0 aliphatic heterocycles.